The molecule has 0 radical (unpaired) electrons. The van der Waals surface area contributed by atoms with E-state index in [1.165, 1.54) is 18.9 Å². The van der Waals surface area contributed by atoms with Gasteiger partial charge in [0, 0.05) is 18.6 Å². The Kier molecular flexibility index (Phi) is 4.82. The standard InChI is InChI=1S/C15H22ClFN2/c1-10-4-3-7-19(11(10)2)15(9-18)12-5-6-14(17)13(16)8-12/h5-6,8,10-11,15H,3-4,7,9,18H2,1-2H3. The molecule has 1 heterocycles. The average molecular weight is 285 g/mol. The second-order valence-corrected chi connectivity index (χ2v) is 5.93. The van der Waals surface area contributed by atoms with E-state index >= 15 is 0 Å². The van der Waals surface area contributed by atoms with Gasteiger partial charge in [-0.3, -0.25) is 4.90 Å². The van der Waals surface area contributed by atoms with Crippen LogP contribution in [0, 0.1) is 11.7 Å². The zero-order chi connectivity index (χ0) is 14.0. The highest BCUT2D eigenvalue weighted by atomic mass is 35.5. The Balaban J connectivity index is 2.25. The maximum Gasteiger partial charge on any atom is 0.141 e. The molecule has 0 amide bonds. The van der Waals surface area contributed by atoms with Crippen molar-refractivity contribution < 1.29 is 4.39 Å². The van der Waals surface area contributed by atoms with Gasteiger partial charge in [0.05, 0.1) is 5.02 Å². The van der Waals surface area contributed by atoms with E-state index in [-0.39, 0.29) is 16.9 Å². The van der Waals surface area contributed by atoms with Crippen molar-refractivity contribution >= 4 is 11.6 Å². The van der Waals surface area contributed by atoms with Crippen LogP contribution in [0.25, 0.3) is 0 Å². The third-order valence-electron chi connectivity index (χ3n) is 4.37. The van der Waals surface area contributed by atoms with E-state index in [1.807, 2.05) is 0 Å². The second kappa shape index (κ2) is 6.21. The van der Waals surface area contributed by atoms with Crippen LogP contribution in [0.15, 0.2) is 18.2 Å². The Morgan fingerprint density at radius 3 is 2.84 bits per heavy atom. The molecule has 4 heteroatoms. The summed E-state index contributed by atoms with van der Waals surface area (Å²) in [4.78, 5) is 2.43. The van der Waals surface area contributed by atoms with E-state index < -0.39 is 0 Å². The summed E-state index contributed by atoms with van der Waals surface area (Å²) in [5.74, 6) is 0.292. The minimum Gasteiger partial charge on any atom is -0.329 e. The van der Waals surface area contributed by atoms with E-state index in [4.69, 9.17) is 17.3 Å². The SMILES string of the molecule is CC1CCCN(C(CN)c2ccc(F)c(Cl)c2)C1C. The van der Waals surface area contributed by atoms with Crippen molar-refractivity contribution in [2.24, 2.45) is 11.7 Å². The fraction of sp³-hybridized carbons (Fsp3) is 0.600. The van der Waals surface area contributed by atoms with E-state index in [0.29, 0.717) is 18.5 Å². The first-order valence-corrected chi connectivity index (χ1v) is 7.33. The van der Waals surface area contributed by atoms with Crippen LogP contribution in [0.2, 0.25) is 5.02 Å². The van der Waals surface area contributed by atoms with Crippen LogP contribution in [0.3, 0.4) is 0 Å². The molecular weight excluding hydrogens is 263 g/mol. The normalized spacial score (nSPS) is 26.4. The molecule has 0 aromatic heterocycles. The summed E-state index contributed by atoms with van der Waals surface area (Å²) in [5, 5.41) is 0.175. The molecule has 0 aliphatic carbocycles. The molecule has 2 nitrogen and oxygen atoms in total. The van der Waals surface area contributed by atoms with Crippen molar-refractivity contribution in [2.45, 2.75) is 38.8 Å². The largest absolute Gasteiger partial charge is 0.329 e. The number of hydrogen-bond acceptors (Lipinski definition) is 2. The fourth-order valence-corrected chi connectivity index (χ4v) is 3.18. The number of benzene rings is 1. The summed E-state index contributed by atoms with van der Waals surface area (Å²) in [7, 11) is 0. The molecule has 0 bridgehead atoms. The van der Waals surface area contributed by atoms with Crippen LogP contribution in [0.5, 0.6) is 0 Å². The van der Waals surface area contributed by atoms with Crippen molar-refractivity contribution in [2.75, 3.05) is 13.1 Å². The van der Waals surface area contributed by atoms with E-state index in [1.54, 1.807) is 12.1 Å². The molecule has 1 fully saturated rings. The van der Waals surface area contributed by atoms with E-state index in [9.17, 15) is 4.39 Å². The Morgan fingerprint density at radius 2 is 2.21 bits per heavy atom. The van der Waals surface area contributed by atoms with Gasteiger partial charge in [0.15, 0.2) is 0 Å². The summed E-state index contributed by atoms with van der Waals surface area (Å²) >= 11 is 5.88. The van der Waals surface area contributed by atoms with Gasteiger partial charge in [-0.15, -0.1) is 0 Å². The van der Waals surface area contributed by atoms with E-state index in [0.717, 1.165) is 12.1 Å². The lowest BCUT2D eigenvalue weighted by molar-refractivity contribution is 0.0709. The fourth-order valence-electron chi connectivity index (χ4n) is 2.99. The van der Waals surface area contributed by atoms with Gasteiger partial charge in [-0.25, -0.2) is 4.39 Å². The van der Waals surface area contributed by atoms with Crippen LogP contribution in [-0.4, -0.2) is 24.0 Å². The minimum atomic E-state index is -0.374. The van der Waals surface area contributed by atoms with Crippen molar-refractivity contribution in [3.63, 3.8) is 0 Å². The zero-order valence-corrected chi connectivity index (χ0v) is 12.3. The average Bonchev–Trinajstić information content (AvgIpc) is 2.39. The molecule has 1 aliphatic rings. The molecule has 1 aromatic carbocycles. The van der Waals surface area contributed by atoms with Gasteiger partial charge in [0.1, 0.15) is 5.82 Å². The number of nitrogens with two attached hydrogens (primary N) is 1. The molecular formula is C15H22ClFN2. The molecule has 19 heavy (non-hydrogen) atoms. The maximum atomic E-state index is 13.3. The summed E-state index contributed by atoms with van der Waals surface area (Å²) in [5.41, 5.74) is 6.96. The van der Waals surface area contributed by atoms with Crippen LogP contribution in [0.4, 0.5) is 4.39 Å². The highest BCUT2D eigenvalue weighted by Crippen LogP contribution is 2.32. The first kappa shape index (κ1) is 14.8. The van der Waals surface area contributed by atoms with Crippen LogP contribution >= 0.6 is 11.6 Å². The van der Waals surface area contributed by atoms with Gasteiger partial charge >= 0.3 is 0 Å². The van der Waals surface area contributed by atoms with Gasteiger partial charge in [0.2, 0.25) is 0 Å². The summed E-state index contributed by atoms with van der Waals surface area (Å²) in [6.45, 7) is 6.10. The smallest absolute Gasteiger partial charge is 0.141 e. The number of rotatable bonds is 3. The summed E-state index contributed by atoms with van der Waals surface area (Å²) in [6, 6.07) is 5.55. The Labute approximate surface area is 119 Å². The highest BCUT2D eigenvalue weighted by molar-refractivity contribution is 6.30. The lowest BCUT2D eigenvalue weighted by Gasteiger charge is -2.42. The Bertz CT molecular complexity index is 438. The number of halogens is 2. The summed E-state index contributed by atoms with van der Waals surface area (Å²) < 4.78 is 13.3. The molecule has 0 saturated carbocycles. The van der Waals surface area contributed by atoms with Gasteiger partial charge in [-0.1, -0.05) is 24.6 Å². The summed E-state index contributed by atoms with van der Waals surface area (Å²) in [6.07, 6.45) is 2.45. The van der Waals surface area contributed by atoms with Gasteiger partial charge in [-0.2, -0.15) is 0 Å². The first-order chi connectivity index (χ1) is 9.04. The molecule has 1 aliphatic heterocycles. The van der Waals surface area contributed by atoms with Crippen LogP contribution < -0.4 is 5.73 Å². The second-order valence-electron chi connectivity index (χ2n) is 5.52. The number of nitrogens with zero attached hydrogens (tertiary/aromatic N) is 1. The van der Waals surface area contributed by atoms with Crippen molar-refractivity contribution in [3.05, 3.63) is 34.6 Å². The Hall–Kier alpha value is -0.640. The lowest BCUT2D eigenvalue weighted by Crippen LogP contribution is -2.46. The highest BCUT2D eigenvalue weighted by Gasteiger charge is 2.30. The van der Waals surface area contributed by atoms with Crippen molar-refractivity contribution in [3.8, 4) is 0 Å². The number of hydrogen-bond donors (Lipinski definition) is 1. The Morgan fingerprint density at radius 1 is 1.47 bits per heavy atom. The molecule has 0 spiro atoms. The zero-order valence-electron chi connectivity index (χ0n) is 11.6. The molecule has 106 valence electrons. The number of likely N-dealkylation sites (tertiary alicyclic amines) is 1. The first-order valence-electron chi connectivity index (χ1n) is 6.95. The van der Waals surface area contributed by atoms with Crippen molar-refractivity contribution in [1.82, 2.24) is 4.90 Å². The predicted octanol–water partition coefficient (Wildman–Crippen LogP) is 3.60. The molecule has 3 atom stereocenters. The maximum absolute atomic E-state index is 13.3. The van der Waals surface area contributed by atoms with Gasteiger partial charge < -0.3 is 5.73 Å². The van der Waals surface area contributed by atoms with Crippen LogP contribution in [0.1, 0.15) is 38.3 Å². The lowest BCUT2D eigenvalue weighted by atomic mass is 9.89. The molecule has 2 N–H and O–H groups in total. The van der Waals surface area contributed by atoms with Crippen molar-refractivity contribution in [1.29, 1.82) is 0 Å². The topological polar surface area (TPSA) is 29.3 Å². The molecule has 1 aromatic rings. The van der Waals surface area contributed by atoms with Crippen LogP contribution in [-0.2, 0) is 0 Å². The third-order valence-corrected chi connectivity index (χ3v) is 4.66. The van der Waals surface area contributed by atoms with E-state index in [2.05, 4.69) is 18.7 Å². The molecule has 1 saturated heterocycles. The van der Waals surface area contributed by atoms with Gasteiger partial charge in [0.25, 0.3) is 0 Å². The predicted molar refractivity (Wildman–Crippen MR) is 77.8 cm³/mol. The monoisotopic (exact) mass is 284 g/mol. The number of piperidine rings is 1. The third kappa shape index (κ3) is 3.10. The molecule has 2 rings (SSSR count). The van der Waals surface area contributed by atoms with Gasteiger partial charge in [-0.05, 0) is 49.9 Å². The molecule has 3 unspecified atom stereocenters. The quantitative estimate of drug-likeness (QED) is 0.919. The minimum absolute atomic E-state index is 0.121.